The second-order valence-corrected chi connectivity index (χ2v) is 6.95. The number of urea groups is 1. The van der Waals surface area contributed by atoms with Crippen molar-refractivity contribution in [2.45, 2.75) is 24.2 Å². The van der Waals surface area contributed by atoms with Crippen molar-refractivity contribution >= 4 is 21.7 Å². The Balaban J connectivity index is 2.21. The molecule has 2 rings (SSSR count). The van der Waals surface area contributed by atoms with Crippen LogP contribution in [0.25, 0.3) is 0 Å². The number of anilines is 1. The average molecular weight is 333 g/mol. The monoisotopic (exact) mass is 333 g/mol. The number of nitrogens with one attached hydrogen (secondary N) is 2. The first-order valence-electron chi connectivity index (χ1n) is 6.63. The summed E-state index contributed by atoms with van der Waals surface area (Å²) in [6.45, 7) is 0.872. The molecule has 1 aromatic carbocycles. The smallest absolute Gasteiger partial charge is 0.318 e. The molecule has 0 saturated carbocycles. The Bertz CT molecular complexity index is 692. The molecule has 122 valence electrons. The van der Waals surface area contributed by atoms with E-state index in [0.717, 1.165) is 4.90 Å². The van der Waals surface area contributed by atoms with Gasteiger partial charge in [-0.3, -0.25) is 0 Å². The molecule has 0 aromatic heterocycles. The average Bonchev–Trinajstić information content (AvgIpc) is 2.81. The summed E-state index contributed by atoms with van der Waals surface area (Å²) in [4.78, 5) is 13.0. The lowest BCUT2D eigenvalue weighted by molar-refractivity contribution is 0.0159. The third-order valence-electron chi connectivity index (χ3n) is 3.54. The normalized spacial score (nSPS) is 17.5. The van der Waals surface area contributed by atoms with E-state index in [1.165, 1.54) is 25.2 Å². The number of hydrogen-bond donors (Lipinski definition) is 2. The number of alkyl halides is 2. The van der Waals surface area contributed by atoms with E-state index in [1.54, 1.807) is 6.92 Å². The van der Waals surface area contributed by atoms with E-state index in [2.05, 4.69) is 10.0 Å². The number of rotatable bonds is 3. The minimum Gasteiger partial charge on any atom is -0.318 e. The summed E-state index contributed by atoms with van der Waals surface area (Å²) in [6, 6.07) is 3.74. The van der Waals surface area contributed by atoms with Crippen molar-refractivity contribution in [1.29, 1.82) is 0 Å². The summed E-state index contributed by atoms with van der Waals surface area (Å²) in [5.41, 5.74) is 0.618. The molecule has 2 N–H and O–H groups in total. The lowest BCUT2D eigenvalue weighted by Crippen LogP contribution is -2.35. The topological polar surface area (TPSA) is 78.5 Å². The highest BCUT2D eigenvalue weighted by Crippen LogP contribution is 2.28. The van der Waals surface area contributed by atoms with Crippen LogP contribution in [0.4, 0.5) is 19.3 Å². The van der Waals surface area contributed by atoms with E-state index < -0.39 is 28.5 Å². The van der Waals surface area contributed by atoms with E-state index in [0.29, 0.717) is 5.56 Å². The summed E-state index contributed by atoms with van der Waals surface area (Å²) < 4.78 is 52.2. The number of carbonyl (C=O) groups is 1. The van der Waals surface area contributed by atoms with E-state index >= 15 is 0 Å². The number of nitrogens with zero attached hydrogens (tertiary/aromatic N) is 1. The van der Waals surface area contributed by atoms with Crippen LogP contribution in [0.15, 0.2) is 23.1 Å². The molecule has 22 heavy (non-hydrogen) atoms. The Morgan fingerprint density at radius 2 is 2.05 bits per heavy atom. The summed E-state index contributed by atoms with van der Waals surface area (Å²) in [7, 11) is -2.38. The van der Waals surface area contributed by atoms with Gasteiger partial charge in [-0.15, -0.1) is 0 Å². The first kappa shape index (κ1) is 16.6. The molecule has 1 aliphatic heterocycles. The zero-order chi connectivity index (χ0) is 16.5. The number of amides is 2. The lowest BCUT2D eigenvalue weighted by atomic mass is 10.2. The van der Waals surface area contributed by atoms with Crippen LogP contribution >= 0.6 is 0 Å². The predicted molar refractivity (Wildman–Crippen MR) is 77.6 cm³/mol. The summed E-state index contributed by atoms with van der Waals surface area (Å²) in [5.74, 6) is -2.87. The van der Waals surface area contributed by atoms with Gasteiger partial charge >= 0.3 is 6.03 Å². The van der Waals surface area contributed by atoms with Crippen LogP contribution in [0.1, 0.15) is 12.0 Å². The molecular weight excluding hydrogens is 316 g/mol. The van der Waals surface area contributed by atoms with Crippen molar-refractivity contribution in [2.24, 2.45) is 0 Å². The minimum atomic E-state index is -3.66. The SMILES string of the molecule is CNS(=O)(=O)c1cccc(NC(=O)N2CCC(F)(F)C2)c1C. The van der Waals surface area contributed by atoms with E-state index in [9.17, 15) is 22.0 Å². The highest BCUT2D eigenvalue weighted by molar-refractivity contribution is 7.89. The molecule has 1 saturated heterocycles. The first-order chi connectivity index (χ1) is 10.2. The molecule has 1 fully saturated rings. The number of hydrogen-bond acceptors (Lipinski definition) is 3. The van der Waals surface area contributed by atoms with Crippen LogP contribution in [-0.2, 0) is 10.0 Å². The number of sulfonamides is 1. The van der Waals surface area contributed by atoms with Gasteiger partial charge < -0.3 is 10.2 Å². The summed E-state index contributed by atoms with van der Waals surface area (Å²) in [5, 5.41) is 2.49. The predicted octanol–water partition coefficient (Wildman–Crippen LogP) is 1.78. The standard InChI is InChI=1S/C13H17F2N3O3S/c1-9-10(4-3-5-11(9)22(20,21)16-2)17-12(19)18-7-6-13(14,15)8-18/h3-5,16H,6-8H2,1-2H3,(H,17,19). The molecule has 0 bridgehead atoms. The Morgan fingerprint density at radius 1 is 1.36 bits per heavy atom. The Labute approximate surface area is 127 Å². The molecule has 0 unspecified atom stereocenters. The zero-order valence-corrected chi connectivity index (χ0v) is 13.0. The third-order valence-corrected chi connectivity index (χ3v) is 5.10. The molecule has 6 nitrogen and oxygen atoms in total. The van der Waals surface area contributed by atoms with Gasteiger partial charge in [0.05, 0.1) is 11.4 Å². The van der Waals surface area contributed by atoms with E-state index in [4.69, 9.17) is 0 Å². The zero-order valence-electron chi connectivity index (χ0n) is 12.2. The van der Waals surface area contributed by atoms with Gasteiger partial charge in [-0.1, -0.05) is 6.07 Å². The van der Waals surface area contributed by atoms with Gasteiger partial charge in [0.2, 0.25) is 10.0 Å². The fraction of sp³-hybridized carbons (Fsp3) is 0.462. The molecule has 0 atom stereocenters. The van der Waals surface area contributed by atoms with Crippen molar-refractivity contribution < 1.29 is 22.0 Å². The summed E-state index contributed by atoms with van der Waals surface area (Å²) in [6.07, 6.45) is -0.367. The molecule has 2 amide bonds. The van der Waals surface area contributed by atoms with Crippen LogP contribution < -0.4 is 10.0 Å². The van der Waals surface area contributed by atoms with Crippen LogP contribution in [0.5, 0.6) is 0 Å². The molecule has 0 aliphatic carbocycles. The minimum absolute atomic E-state index is 0.0274. The van der Waals surface area contributed by atoms with Gasteiger partial charge in [-0.25, -0.2) is 26.7 Å². The van der Waals surface area contributed by atoms with Crippen molar-refractivity contribution in [3.8, 4) is 0 Å². The largest absolute Gasteiger partial charge is 0.322 e. The molecule has 1 aromatic rings. The third kappa shape index (κ3) is 3.36. The lowest BCUT2D eigenvalue weighted by Gasteiger charge is -2.18. The van der Waals surface area contributed by atoms with Crippen molar-refractivity contribution in [3.05, 3.63) is 23.8 Å². The molecule has 9 heteroatoms. The van der Waals surface area contributed by atoms with Crippen LogP contribution in [0.2, 0.25) is 0 Å². The molecule has 0 radical (unpaired) electrons. The van der Waals surface area contributed by atoms with Gasteiger partial charge in [0, 0.05) is 18.7 Å². The second kappa shape index (κ2) is 5.81. The van der Waals surface area contributed by atoms with E-state index in [-0.39, 0.29) is 23.5 Å². The Kier molecular flexibility index (Phi) is 4.39. The van der Waals surface area contributed by atoms with Crippen molar-refractivity contribution in [2.75, 3.05) is 25.5 Å². The van der Waals surface area contributed by atoms with Crippen LogP contribution in [0.3, 0.4) is 0 Å². The highest BCUT2D eigenvalue weighted by Gasteiger charge is 2.40. The maximum absolute atomic E-state index is 13.1. The first-order valence-corrected chi connectivity index (χ1v) is 8.11. The quantitative estimate of drug-likeness (QED) is 0.885. The number of halogens is 2. The second-order valence-electron chi connectivity index (χ2n) is 5.09. The van der Waals surface area contributed by atoms with Crippen molar-refractivity contribution in [3.63, 3.8) is 0 Å². The van der Waals surface area contributed by atoms with Gasteiger partial charge in [-0.2, -0.15) is 0 Å². The summed E-state index contributed by atoms with van der Waals surface area (Å²) >= 11 is 0. The highest BCUT2D eigenvalue weighted by atomic mass is 32.2. The van der Waals surface area contributed by atoms with Crippen LogP contribution in [-0.4, -0.2) is 45.4 Å². The molecule has 1 heterocycles. The molecule has 0 spiro atoms. The van der Waals surface area contributed by atoms with Gasteiger partial charge in [0.1, 0.15) is 0 Å². The number of benzene rings is 1. The van der Waals surface area contributed by atoms with Crippen molar-refractivity contribution in [1.82, 2.24) is 9.62 Å². The molecular formula is C13H17F2N3O3S. The molecule has 1 aliphatic rings. The number of carbonyl (C=O) groups excluding carboxylic acids is 1. The van der Waals surface area contributed by atoms with Gasteiger partial charge in [0.15, 0.2) is 0 Å². The fourth-order valence-corrected chi connectivity index (χ4v) is 3.25. The number of likely N-dealkylation sites (tertiary alicyclic amines) is 1. The van der Waals surface area contributed by atoms with E-state index in [1.807, 2.05) is 0 Å². The Morgan fingerprint density at radius 3 is 2.59 bits per heavy atom. The van der Waals surface area contributed by atoms with Gasteiger partial charge in [-0.05, 0) is 31.7 Å². The maximum atomic E-state index is 13.1. The Hall–Kier alpha value is -1.74. The van der Waals surface area contributed by atoms with Gasteiger partial charge in [0.25, 0.3) is 5.92 Å². The fourth-order valence-electron chi connectivity index (χ4n) is 2.25. The maximum Gasteiger partial charge on any atom is 0.322 e. The van der Waals surface area contributed by atoms with Crippen LogP contribution in [0, 0.1) is 6.92 Å².